The summed E-state index contributed by atoms with van der Waals surface area (Å²) in [6, 6.07) is -0.570. The van der Waals surface area contributed by atoms with Crippen LogP contribution >= 0.6 is 0 Å². The topological polar surface area (TPSA) is 101 Å². The molecule has 6 nitrogen and oxygen atoms in total. The van der Waals surface area contributed by atoms with Gasteiger partial charge in [0.15, 0.2) is 0 Å². The molecule has 1 unspecified atom stereocenters. The number of sulfone groups is 1. The molecule has 1 aliphatic rings. The molecule has 0 aliphatic heterocycles. The summed E-state index contributed by atoms with van der Waals surface area (Å²) in [4.78, 5) is 22.4. The number of carboxylic acid groups (broad SMARTS) is 1. The lowest BCUT2D eigenvalue weighted by Gasteiger charge is -2.16. The third kappa shape index (κ3) is 2.94. The zero-order valence-electron chi connectivity index (χ0n) is 9.19. The average molecular weight is 249 g/mol. The van der Waals surface area contributed by atoms with Gasteiger partial charge in [-0.3, -0.25) is 9.59 Å². The number of hydrogen-bond donors (Lipinski definition) is 2. The monoisotopic (exact) mass is 249 g/mol. The van der Waals surface area contributed by atoms with E-state index >= 15 is 0 Å². The van der Waals surface area contributed by atoms with E-state index in [0.29, 0.717) is 12.8 Å². The van der Waals surface area contributed by atoms with Gasteiger partial charge in [0.25, 0.3) is 0 Å². The van der Waals surface area contributed by atoms with Gasteiger partial charge in [-0.05, 0) is 19.8 Å². The second kappa shape index (κ2) is 4.04. The summed E-state index contributed by atoms with van der Waals surface area (Å²) < 4.78 is 21.9. The second-order valence-corrected chi connectivity index (χ2v) is 6.54. The number of carboxylic acids is 1. The highest BCUT2D eigenvalue weighted by molar-refractivity contribution is 7.90. The highest BCUT2D eigenvalue weighted by Gasteiger charge is 2.57. The highest BCUT2D eigenvalue weighted by atomic mass is 32.2. The minimum Gasteiger partial charge on any atom is -0.480 e. The second-order valence-electron chi connectivity index (χ2n) is 4.35. The van der Waals surface area contributed by atoms with Gasteiger partial charge in [0, 0.05) is 12.3 Å². The minimum atomic E-state index is -3.18. The predicted molar refractivity (Wildman–Crippen MR) is 56.6 cm³/mol. The number of carbonyl (C=O) groups excluding carboxylic acids is 1. The van der Waals surface area contributed by atoms with Crippen LogP contribution in [0.25, 0.3) is 0 Å². The number of nitrogens with one attached hydrogen (secondary N) is 1. The maximum Gasteiger partial charge on any atom is 0.319 e. The molecule has 2 N–H and O–H groups in total. The first-order valence-electron chi connectivity index (χ1n) is 4.89. The van der Waals surface area contributed by atoms with Crippen molar-refractivity contribution >= 4 is 21.7 Å². The third-order valence-corrected chi connectivity index (χ3v) is 3.63. The summed E-state index contributed by atoms with van der Waals surface area (Å²) >= 11 is 0. The van der Waals surface area contributed by atoms with Crippen LogP contribution in [0, 0.1) is 5.41 Å². The molecule has 0 spiro atoms. The van der Waals surface area contributed by atoms with E-state index < -0.39 is 33.2 Å². The van der Waals surface area contributed by atoms with Crippen LogP contribution in [0.4, 0.5) is 0 Å². The van der Waals surface area contributed by atoms with Gasteiger partial charge in [-0.2, -0.15) is 0 Å². The normalized spacial score (nSPS) is 19.9. The number of amides is 1. The lowest BCUT2D eigenvalue weighted by molar-refractivity contribution is -0.149. The molecule has 0 saturated heterocycles. The highest BCUT2D eigenvalue weighted by Crippen LogP contribution is 2.46. The Morgan fingerprint density at radius 1 is 1.44 bits per heavy atom. The van der Waals surface area contributed by atoms with Gasteiger partial charge in [-0.25, -0.2) is 8.42 Å². The van der Waals surface area contributed by atoms with Crippen molar-refractivity contribution in [3.63, 3.8) is 0 Å². The van der Waals surface area contributed by atoms with E-state index in [9.17, 15) is 18.0 Å². The summed E-state index contributed by atoms with van der Waals surface area (Å²) in [6.45, 7) is 1.54. The molecule has 0 aromatic rings. The quantitative estimate of drug-likeness (QED) is 0.634. The van der Waals surface area contributed by atoms with Crippen LogP contribution in [-0.4, -0.2) is 43.5 Å². The van der Waals surface area contributed by atoms with Crippen LogP contribution < -0.4 is 5.32 Å². The Bertz CT molecular complexity index is 410. The van der Waals surface area contributed by atoms with Crippen LogP contribution in [0.15, 0.2) is 0 Å². The van der Waals surface area contributed by atoms with E-state index in [1.165, 1.54) is 6.92 Å². The molecular weight excluding hydrogens is 234 g/mol. The van der Waals surface area contributed by atoms with Crippen molar-refractivity contribution in [3.05, 3.63) is 0 Å². The number of aliphatic carboxylic acids is 1. The Kier molecular flexibility index (Phi) is 3.27. The fraction of sp³-hybridized carbons (Fsp3) is 0.778. The zero-order valence-corrected chi connectivity index (χ0v) is 10.0. The fourth-order valence-corrected chi connectivity index (χ4v) is 2.51. The standard InChI is InChI=1S/C9H15NO5S/c1-6(5-16(2,14)15)10-7(11)9(3-4-9)8(12)13/h6H,3-5H2,1-2H3,(H,10,11)(H,12,13). The molecule has 1 fully saturated rings. The van der Waals surface area contributed by atoms with E-state index in [0.717, 1.165) is 6.26 Å². The third-order valence-electron chi connectivity index (χ3n) is 2.52. The number of carbonyl (C=O) groups is 2. The molecule has 7 heteroatoms. The first-order chi connectivity index (χ1) is 7.17. The Balaban J connectivity index is 2.56. The molecule has 1 aliphatic carbocycles. The van der Waals surface area contributed by atoms with Crippen LogP contribution in [0.2, 0.25) is 0 Å². The van der Waals surface area contributed by atoms with E-state index in [4.69, 9.17) is 5.11 Å². The van der Waals surface area contributed by atoms with Crippen molar-refractivity contribution in [2.45, 2.75) is 25.8 Å². The SMILES string of the molecule is CC(CS(C)(=O)=O)NC(=O)C1(C(=O)O)CC1. The van der Waals surface area contributed by atoms with E-state index in [1.807, 2.05) is 0 Å². The zero-order chi connectivity index (χ0) is 12.6. The van der Waals surface area contributed by atoms with Gasteiger partial charge >= 0.3 is 5.97 Å². The molecular formula is C9H15NO5S. The summed E-state index contributed by atoms with van der Waals surface area (Å²) in [5, 5.41) is 11.3. The van der Waals surface area contributed by atoms with Crippen molar-refractivity contribution in [1.82, 2.24) is 5.32 Å². The lowest BCUT2D eigenvalue weighted by Crippen LogP contribution is -2.44. The largest absolute Gasteiger partial charge is 0.480 e. The smallest absolute Gasteiger partial charge is 0.319 e. The minimum absolute atomic E-state index is 0.186. The van der Waals surface area contributed by atoms with Crippen molar-refractivity contribution in [2.75, 3.05) is 12.0 Å². The van der Waals surface area contributed by atoms with Gasteiger partial charge in [-0.1, -0.05) is 0 Å². The molecule has 1 rings (SSSR count). The summed E-state index contributed by atoms with van der Waals surface area (Å²) in [6.07, 6.45) is 1.71. The molecule has 0 radical (unpaired) electrons. The van der Waals surface area contributed by atoms with Crippen molar-refractivity contribution in [2.24, 2.45) is 5.41 Å². The van der Waals surface area contributed by atoms with Gasteiger partial charge in [0.1, 0.15) is 15.3 Å². The lowest BCUT2D eigenvalue weighted by atomic mass is 10.1. The van der Waals surface area contributed by atoms with Crippen LogP contribution in [0.5, 0.6) is 0 Å². The van der Waals surface area contributed by atoms with Crippen LogP contribution in [-0.2, 0) is 19.4 Å². The van der Waals surface area contributed by atoms with Gasteiger partial charge in [-0.15, -0.1) is 0 Å². The van der Waals surface area contributed by atoms with Gasteiger partial charge < -0.3 is 10.4 Å². The maximum atomic E-state index is 11.6. The molecule has 16 heavy (non-hydrogen) atoms. The summed E-state index contributed by atoms with van der Waals surface area (Å²) in [7, 11) is -3.18. The van der Waals surface area contributed by atoms with E-state index in [1.54, 1.807) is 0 Å². The van der Waals surface area contributed by atoms with Crippen molar-refractivity contribution in [1.29, 1.82) is 0 Å². The number of rotatable bonds is 5. The Hall–Kier alpha value is -1.11. The van der Waals surface area contributed by atoms with E-state index in [2.05, 4.69) is 5.32 Å². The molecule has 0 heterocycles. The number of hydrogen-bond acceptors (Lipinski definition) is 4. The first-order valence-corrected chi connectivity index (χ1v) is 6.95. The van der Waals surface area contributed by atoms with Gasteiger partial charge in [0.05, 0.1) is 5.75 Å². The summed E-state index contributed by atoms with van der Waals surface area (Å²) in [5.74, 6) is -1.92. The van der Waals surface area contributed by atoms with Crippen molar-refractivity contribution in [3.8, 4) is 0 Å². The predicted octanol–water partition coefficient (Wildman–Crippen LogP) is -0.599. The van der Waals surface area contributed by atoms with Crippen molar-refractivity contribution < 1.29 is 23.1 Å². The van der Waals surface area contributed by atoms with E-state index in [-0.39, 0.29) is 5.75 Å². The molecule has 0 bridgehead atoms. The average Bonchev–Trinajstić information content (AvgIpc) is 2.78. The molecule has 1 amide bonds. The van der Waals surface area contributed by atoms with Crippen LogP contribution in [0.1, 0.15) is 19.8 Å². The Morgan fingerprint density at radius 3 is 2.25 bits per heavy atom. The Morgan fingerprint density at radius 2 is 1.94 bits per heavy atom. The van der Waals surface area contributed by atoms with Gasteiger partial charge in [0.2, 0.25) is 5.91 Å². The Labute approximate surface area is 93.9 Å². The first kappa shape index (κ1) is 13.0. The molecule has 0 aromatic heterocycles. The molecule has 1 saturated carbocycles. The molecule has 92 valence electrons. The summed E-state index contributed by atoms with van der Waals surface area (Å²) in [5.41, 5.74) is -1.31. The molecule has 1 atom stereocenters. The molecule has 0 aromatic carbocycles. The fourth-order valence-electron chi connectivity index (χ4n) is 1.52. The maximum absolute atomic E-state index is 11.6. The van der Waals surface area contributed by atoms with Crippen LogP contribution in [0.3, 0.4) is 0 Å².